The van der Waals surface area contributed by atoms with E-state index >= 15 is 0 Å². The highest BCUT2D eigenvalue weighted by Crippen LogP contribution is 2.31. The number of nitrogens with one attached hydrogen (secondary N) is 1. The van der Waals surface area contributed by atoms with Crippen molar-refractivity contribution in [1.29, 1.82) is 0 Å². The zero-order chi connectivity index (χ0) is 17.1. The quantitative estimate of drug-likeness (QED) is 0.794. The van der Waals surface area contributed by atoms with Crippen LogP contribution < -0.4 is 11.1 Å². The third-order valence-electron chi connectivity index (χ3n) is 4.24. The molecule has 1 aliphatic rings. The minimum absolute atomic E-state index is 0.0276. The Kier molecular flexibility index (Phi) is 5.11. The molecular weight excluding hydrogens is 328 g/mol. The van der Waals surface area contributed by atoms with E-state index in [4.69, 9.17) is 17.3 Å². The molecule has 1 amide bonds. The maximum Gasteiger partial charge on any atom is 0.246 e. The molecule has 24 heavy (non-hydrogen) atoms. The van der Waals surface area contributed by atoms with Crippen LogP contribution in [0.5, 0.6) is 0 Å². The highest BCUT2D eigenvalue weighted by atomic mass is 35.5. The van der Waals surface area contributed by atoms with Gasteiger partial charge in [0.2, 0.25) is 11.7 Å². The molecule has 0 spiro atoms. The largest absolute Gasteiger partial charge is 0.353 e. The topological polar surface area (TPSA) is 98.7 Å². The molecule has 1 fully saturated rings. The van der Waals surface area contributed by atoms with E-state index in [1.54, 1.807) is 12.1 Å². The minimum Gasteiger partial charge on any atom is -0.353 e. The van der Waals surface area contributed by atoms with Crippen LogP contribution in [0.2, 0.25) is 5.02 Å². The zero-order valence-corrected chi connectivity index (χ0v) is 14.3. The predicted molar refractivity (Wildman–Crippen MR) is 91.3 cm³/mol. The van der Waals surface area contributed by atoms with Crippen LogP contribution >= 0.6 is 11.6 Å². The van der Waals surface area contributed by atoms with E-state index in [1.807, 2.05) is 19.1 Å². The second-order valence-corrected chi connectivity index (χ2v) is 6.55. The normalized spacial score (nSPS) is 16.6. The van der Waals surface area contributed by atoms with Gasteiger partial charge in [0.1, 0.15) is 0 Å². The molecule has 0 radical (unpaired) electrons. The van der Waals surface area contributed by atoms with Gasteiger partial charge in [0, 0.05) is 23.2 Å². The lowest BCUT2D eigenvalue weighted by molar-refractivity contribution is -0.125. The van der Waals surface area contributed by atoms with Crippen molar-refractivity contribution in [3.8, 4) is 11.4 Å². The van der Waals surface area contributed by atoms with E-state index in [9.17, 15) is 4.79 Å². The van der Waals surface area contributed by atoms with Gasteiger partial charge < -0.3 is 11.1 Å². The number of nitrogens with two attached hydrogens (primary N) is 1. The molecule has 1 heterocycles. The Hall–Kier alpha value is -1.99. The predicted octanol–water partition coefficient (Wildman–Crippen LogP) is 1.80. The number of nitrogens with zero attached hydrogens (tertiary/aromatic N) is 4. The molecule has 128 valence electrons. The summed E-state index contributed by atoms with van der Waals surface area (Å²) < 4.78 is 0. The number of amides is 1. The highest BCUT2D eigenvalue weighted by molar-refractivity contribution is 6.30. The summed E-state index contributed by atoms with van der Waals surface area (Å²) in [5.74, 6) is 0.882. The fourth-order valence-electron chi connectivity index (χ4n) is 2.55. The first-order chi connectivity index (χ1) is 11.6. The fourth-order valence-corrected chi connectivity index (χ4v) is 2.68. The van der Waals surface area contributed by atoms with Crippen molar-refractivity contribution in [2.75, 3.05) is 6.54 Å². The van der Waals surface area contributed by atoms with Gasteiger partial charge >= 0.3 is 0 Å². The number of benzene rings is 1. The molecule has 0 bridgehead atoms. The highest BCUT2D eigenvalue weighted by Gasteiger charge is 2.29. The minimum atomic E-state index is -0.495. The molecule has 3 rings (SSSR count). The summed E-state index contributed by atoms with van der Waals surface area (Å²) in [7, 11) is 0. The molecule has 7 nitrogen and oxygen atoms in total. The molecule has 2 atom stereocenters. The lowest BCUT2D eigenvalue weighted by Crippen LogP contribution is -2.42. The van der Waals surface area contributed by atoms with Crippen molar-refractivity contribution in [2.24, 2.45) is 11.7 Å². The van der Waals surface area contributed by atoms with Gasteiger partial charge in [-0.05, 0) is 54.7 Å². The lowest BCUT2D eigenvalue weighted by atomic mass is 10.2. The second kappa shape index (κ2) is 7.27. The number of rotatable bonds is 7. The first-order valence-electron chi connectivity index (χ1n) is 8.17. The van der Waals surface area contributed by atoms with Gasteiger partial charge in [-0.2, -0.15) is 4.80 Å². The van der Waals surface area contributed by atoms with Crippen LogP contribution in [0, 0.1) is 5.92 Å². The number of carbonyl (C=O) groups is 1. The summed E-state index contributed by atoms with van der Waals surface area (Å²) in [4.78, 5) is 13.8. The van der Waals surface area contributed by atoms with Crippen LogP contribution in [-0.2, 0) is 4.79 Å². The average Bonchev–Trinajstić information content (AvgIpc) is 3.33. The van der Waals surface area contributed by atoms with E-state index < -0.39 is 6.04 Å². The van der Waals surface area contributed by atoms with Crippen molar-refractivity contribution in [1.82, 2.24) is 25.5 Å². The Morgan fingerprint density at radius 2 is 2.12 bits per heavy atom. The van der Waals surface area contributed by atoms with Crippen molar-refractivity contribution in [2.45, 2.75) is 38.3 Å². The number of hydrogen-bond donors (Lipinski definition) is 2. The first kappa shape index (κ1) is 16.9. The maximum atomic E-state index is 12.4. The number of halogens is 1. The molecule has 0 saturated heterocycles. The number of hydrogen-bond acceptors (Lipinski definition) is 5. The van der Waals surface area contributed by atoms with Crippen LogP contribution in [0.4, 0.5) is 0 Å². The Labute approximate surface area is 145 Å². The van der Waals surface area contributed by atoms with Crippen molar-refractivity contribution < 1.29 is 4.79 Å². The van der Waals surface area contributed by atoms with Gasteiger partial charge in [-0.3, -0.25) is 4.79 Å². The monoisotopic (exact) mass is 348 g/mol. The van der Waals surface area contributed by atoms with Crippen LogP contribution in [-0.4, -0.2) is 38.7 Å². The lowest BCUT2D eigenvalue weighted by Gasteiger charge is -2.16. The molecule has 1 aromatic heterocycles. The Balaban J connectivity index is 1.66. The van der Waals surface area contributed by atoms with E-state index in [-0.39, 0.29) is 11.9 Å². The molecular formula is C16H21ClN6O. The third-order valence-corrected chi connectivity index (χ3v) is 4.49. The fraction of sp³-hybridized carbons (Fsp3) is 0.500. The SMILES string of the molecule is CCC(C(=O)NCC(N)C1CC1)n1nnc(-c2ccc(Cl)cc2)n1. The summed E-state index contributed by atoms with van der Waals surface area (Å²) in [5.41, 5.74) is 6.83. The van der Waals surface area contributed by atoms with Crippen LogP contribution in [0.3, 0.4) is 0 Å². The summed E-state index contributed by atoms with van der Waals surface area (Å²) in [6, 6.07) is 6.70. The summed E-state index contributed by atoms with van der Waals surface area (Å²) >= 11 is 5.88. The van der Waals surface area contributed by atoms with Crippen molar-refractivity contribution in [3.05, 3.63) is 29.3 Å². The van der Waals surface area contributed by atoms with Crippen molar-refractivity contribution >= 4 is 17.5 Å². The van der Waals surface area contributed by atoms with E-state index in [1.165, 1.54) is 4.80 Å². The van der Waals surface area contributed by atoms with E-state index in [0.717, 1.165) is 18.4 Å². The van der Waals surface area contributed by atoms with E-state index in [0.29, 0.717) is 29.7 Å². The van der Waals surface area contributed by atoms with Crippen LogP contribution in [0.1, 0.15) is 32.2 Å². The summed E-state index contributed by atoms with van der Waals surface area (Å²) in [6.45, 7) is 2.40. The smallest absolute Gasteiger partial charge is 0.246 e. The van der Waals surface area contributed by atoms with Gasteiger partial charge in [0.05, 0.1) is 0 Å². The summed E-state index contributed by atoms with van der Waals surface area (Å²) in [5, 5.41) is 15.9. The second-order valence-electron chi connectivity index (χ2n) is 6.11. The Morgan fingerprint density at radius 3 is 2.75 bits per heavy atom. The summed E-state index contributed by atoms with van der Waals surface area (Å²) in [6.07, 6.45) is 2.88. The van der Waals surface area contributed by atoms with Crippen LogP contribution in [0.15, 0.2) is 24.3 Å². The standard InChI is InChI=1S/C16H21ClN6O/c1-2-14(16(24)19-9-13(18)10-3-4-10)23-21-15(20-22-23)11-5-7-12(17)8-6-11/h5-8,10,13-14H,2-4,9,18H2,1H3,(H,19,24). The maximum absolute atomic E-state index is 12.4. The van der Waals surface area contributed by atoms with Gasteiger partial charge in [0.25, 0.3) is 0 Å². The van der Waals surface area contributed by atoms with Gasteiger partial charge in [-0.15, -0.1) is 10.2 Å². The zero-order valence-electron chi connectivity index (χ0n) is 13.5. The average molecular weight is 349 g/mol. The van der Waals surface area contributed by atoms with Gasteiger partial charge in [-0.1, -0.05) is 18.5 Å². The Morgan fingerprint density at radius 1 is 1.42 bits per heavy atom. The number of carbonyl (C=O) groups excluding carboxylic acids is 1. The molecule has 1 aliphatic carbocycles. The molecule has 2 unspecified atom stereocenters. The van der Waals surface area contributed by atoms with Gasteiger partial charge in [0.15, 0.2) is 6.04 Å². The molecule has 8 heteroatoms. The number of aromatic nitrogens is 4. The Bertz CT molecular complexity index is 697. The van der Waals surface area contributed by atoms with Crippen molar-refractivity contribution in [3.63, 3.8) is 0 Å². The molecule has 2 aromatic rings. The third kappa shape index (κ3) is 3.91. The first-order valence-corrected chi connectivity index (χ1v) is 8.55. The molecule has 1 aromatic carbocycles. The van der Waals surface area contributed by atoms with E-state index in [2.05, 4.69) is 20.7 Å². The van der Waals surface area contributed by atoms with Gasteiger partial charge in [-0.25, -0.2) is 0 Å². The van der Waals surface area contributed by atoms with Crippen LogP contribution in [0.25, 0.3) is 11.4 Å². The molecule has 3 N–H and O–H groups in total. The molecule has 0 aliphatic heterocycles. The molecule has 1 saturated carbocycles. The number of tetrazole rings is 1.